The molecule has 0 atom stereocenters. The second kappa shape index (κ2) is 3.06. The summed E-state index contributed by atoms with van der Waals surface area (Å²) in [6, 6.07) is 4.83. The van der Waals surface area contributed by atoms with Crippen molar-refractivity contribution >= 4 is 17.4 Å². The number of carbonyl (C=O) groups excluding carboxylic acids is 1. The van der Waals surface area contributed by atoms with Gasteiger partial charge in [0, 0.05) is 5.56 Å². The van der Waals surface area contributed by atoms with E-state index in [1.807, 2.05) is 0 Å². The fraction of sp³-hybridized carbons (Fsp3) is 0.364. The van der Waals surface area contributed by atoms with Gasteiger partial charge < -0.3 is 0 Å². The predicted molar refractivity (Wildman–Crippen MR) is 53.0 cm³/mol. The Bertz CT molecular complexity index is 396. The SMILES string of the molecule is CC(=O)C1(c2cccc(Cl)c2F)CC1. The molecule has 1 saturated carbocycles. The monoisotopic (exact) mass is 212 g/mol. The van der Waals surface area contributed by atoms with Crippen LogP contribution in [0, 0.1) is 5.82 Å². The number of hydrogen-bond acceptors (Lipinski definition) is 1. The summed E-state index contributed by atoms with van der Waals surface area (Å²) in [5, 5.41) is 0.0926. The standard InChI is InChI=1S/C11H10ClFO/c1-7(14)11(5-6-11)8-3-2-4-9(12)10(8)13/h2-4H,5-6H2,1H3. The highest BCUT2D eigenvalue weighted by molar-refractivity contribution is 6.30. The fourth-order valence-electron chi connectivity index (χ4n) is 1.81. The molecule has 0 spiro atoms. The summed E-state index contributed by atoms with van der Waals surface area (Å²) in [5.41, 5.74) is -0.118. The molecule has 1 fully saturated rings. The third-order valence-corrected chi connectivity index (χ3v) is 3.18. The van der Waals surface area contributed by atoms with E-state index in [1.54, 1.807) is 12.1 Å². The van der Waals surface area contributed by atoms with E-state index in [2.05, 4.69) is 0 Å². The molecule has 0 unspecified atom stereocenters. The van der Waals surface area contributed by atoms with Crippen molar-refractivity contribution in [2.75, 3.05) is 0 Å². The summed E-state index contributed by atoms with van der Waals surface area (Å²) in [4.78, 5) is 11.4. The normalized spacial score (nSPS) is 17.9. The largest absolute Gasteiger partial charge is 0.299 e. The van der Waals surface area contributed by atoms with Crippen LogP contribution in [0.1, 0.15) is 25.3 Å². The van der Waals surface area contributed by atoms with Crippen molar-refractivity contribution < 1.29 is 9.18 Å². The van der Waals surface area contributed by atoms with Gasteiger partial charge in [0.15, 0.2) is 0 Å². The molecule has 3 heteroatoms. The van der Waals surface area contributed by atoms with Crippen molar-refractivity contribution in [3.05, 3.63) is 34.6 Å². The summed E-state index contributed by atoms with van der Waals surface area (Å²) < 4.78 is 13.6. The van der Waals surface area contributed by atoms with E-state index in [4.69, 9.17) is 11.6 Å². The molecule has 0 aliphatic heterocycles. The topological polar surface area (TPSA) is 17.1 Å². The number of carbonyl (C=O) groups is 1. The molecule has 1 aliphatic carbocycles. The molecule has 1 nitrogen and oxygen atoms in total. The zero-order chi connectivity index (χ0) is 10.3. The quantitative estimate of drug-likeness (QED) is 0.736. The van der Waals surface area contributed by atoms with Crippen LogP contribution in [0.15, 0.2) is 18.2 Å². The Hall–Kier alpha value is -0.890. The second-order valence-electron chi connectivity index (χ2n) is 3.74. The van der Waals surface area contributed by atoms with Crippen LogP contribution in [-0.4, -0.2) is 5.78 Å². The lowest BCUT2D eigenvalue weighted by molar-refractivity contribution is -0.119. The first kappa shape index (κ1) is 9.66. The summed E-state index contributed by atoms with van der Waals surface area (Å²) in [7, 11) is 0. The minimum absolute atomic E-state index is 0.0265. The number of Topliss-reactive ketones (excluding diaryl/α,β-unsaturated/α-hetero) is 1. The molecule has 0 aromatic heterocycles. The van der Waals surface area contributed by atoms with Crippen molar-refractivity contribution in [1.29, 1.82) is 0 Å². The smallest absolute Gasteiger partial charge is 0.145 e. The van der Waals surface area contributed by atoms with E-state index in [0.717, 1.165) is 12.8 Å². The Morgan fingerprint density at radius 1 is 1.50 bits per heavy atom. The lowest BCUT2D eigenvalue weighted by Gasteiger charge is -2.13. The van der Waals surface area contributed by atoms with Crippen LogP contribution >= 0.6 is 11.6 Å². The molecule has 1 aliphatic rings. The average Bonchev–Trinajstić information content (AvgIpc) is 2.90. The van der Waals surface area contributed by atoms with Gasteiger partial charge in [0.1, 0.15) is 11.6 Å². The molecular formula is C11H10ClFO. The van der Waals surface area contributed by atoms with E-state index in [0.29, 0.717) is 5.56 Å². The Kier molecular flexibility index (Phi) is 2.11. The zero-order valence-electron chi connectivity index (χ0n) is 7.81. The molecule has 0 amide bonds. The summed E-state index contributed by atoms with van der Waals surface area (Å²) in [6.45, 7) is 1.51. The van der Waals surface area contributed by atoms with Crippen LogP contribution in [0.4, 0.5) is 4.39 Å². The van der Waals surface area contributed by atoms with E-state index in [-0.39, 0.29) is 10.8 Å². The molecule has 0 radical (unpaired) electrons. The number of halogens is 2. The molecule has 1 aromatic carbocycles. The van der Waals surface area contributed by atoms with E-state index < -0.39 is 11.2 Å². The number of benzene rings is 1. The molecule has 1 aromatic rings. The third kappa shape index (κ3) is 1.25. The summed E-state index contributed by atoms with van der Waals surface area (Å²) >= 11 is 5.67. The highest BCUT2D eigenvalue weighted by atomic mass is 35.5. The van der Waals surface area contributed by atoms with Crippen molar-refractivity contribution in [3.8, 4) is 0 Å². The minimum atomic E-state index is -0.574. The zero-order valence-corrected chi connectivity index (χ0v) is 8.57. The minimum Gasteiger partial charge on any atom is -0.299 e. The Morgan fingerprint density at radius 2 is 2.14 bits per heavy atom. The molecule has 2 rings (SSSR count). The summed E-state index contributed by atoms with van der Waals surface area (Å²) in [5.74, 6) is -0.416. The molecule has 0 N–H and O–H groups in total. The van der Waals surface area contributed by atoms with Crippen molar-refractivity contribution in [2.24, 2.45) is 0 Å². The first-order valence-corrected chi connectivity index (χ1v) is 4.91. The highest BCUT2D eigenvalue weighted by Crippen LogP contribution is 2.50. The molecule has 14 heavy (non-hydrogen) atoms. The van der Waals surface area contributed by atoms with Gasteiger partial charge in [-0.25, -0.2) is 4.39 Å². The van der Waals surface area contributed by atoms with Crippen LogP contribution in [0.2, 0.25) is 5.02 Å². The van der Waals surface area contributed by atoms with Gasteiger partial charge in [0.2, 0.25) is 0 Å². The molecular weight excluding hydrogens is 203 g/mol. The first-order chi connectivity index (χ1) is 6.58. The van der Waals surface area contributed by atoms with Crippen molar-refractivity contribution in [2.45, 2.75) is 25.2 Å². The van der Waals surface area contributed by atoms with Gasteiger partial charge in [-0.15, -0.1) is 0 Å². The molecule has 74 valence electrons. The molecule has 0 bridgehead atoms. The van der Waals surface area contributed by atoms with Gasteiger partial charge in [-0.3, -0.25) is 4.79 Å². The van der Waals surface area contributed by atoms with Gasteiger partial charge in [-0.1, -0.05) is 23.7 Å². The number of hydrogen-bond donors (Lipinski definition) is 0. The average molecular weight is 213 g/mol. The molecule has 0 saturated heterocycles. The second-order valence-corrected chi connectivity index (χ2v) is 4.15. The van der Waals surface area contributed by atoms with E-state index in [1.165, 1.54) is 13.0 Å². The maximum atomic E-state index is 13.6. The lowest BCUT2D eigenvalue weighted by atomic mass is 9.92. The highest BCUT2D eigenvalue weighted by Gasteiger charge is 2.50. The van der Waals surface area contributed by atoms with Gasteiger partial charge >= 0.3 is 0 Å². The van der Waals surface area contributed by atoms with Gasteiger partial charge in [-0.05, 0) is 25.8 Å². The van der Waals surface area contributed by atoms with Gasteiger partial charge in [0.25, 0.3) is 0 Å². The van der Waals surface area contributed by atoms with Gasteiger partial charge in [-0.2, -0.15) is 0 Å². The summed E-state index contributed by atoms with van der Waals surface area (Å²) in [6.07, 6.45) is 1.47. The van der Waals surface area contributed by atoms with Gasteiger partial charge in [0.05, 0.1) is 10.4 Å². The van der Waals surface area contributed by atoms with Crippen molar-refractivity contribution in [1.82, 2.24) is 0 Å². The Morgan fingerprint density at radius 3 is 2.64 bits per heavy atom. The molecule has 0 heterocycles. The van der Waals surface area contributed by atoms with E-state index >= 15 is 0 Å². The predicted octanol–water partition coefficient (Wildman–Crippen LogP) is 3.10. The first-order valence-electron chi connectivity index (χ1n) is 4.53. The maximum Gasteiger partial charge on any atom is 0.145 e. The third-order valence-electron chi connectivity index (χ3n) is 2.89. The van der Waals surface area contributed by atoms with Crippen LogP contribution in [0.25, 0.3) is 0 Å². The number of rotatable bonds is 2. The van der Waals surface area contributed by atoms with Crippen LogP contribution in [0.5, 0.6) is 0 Å². The maximum absolute atomic E-state index is 13.6. The van der Waals surface area contributed by atoms with Crippen molar-refractivity contribution in [3.63, 3.8) is 0 Å². The van der Waals surface area contributed by atoms with Crippen LogP contribution < -0.4 is 0 Å². The lowest BCUT2D eigenvalue weighted by Crippen LogP contribution is -2.18. The fourth-order valence-corrected chi connectivity index (χ4v) is 1.98. The number of ketones is 1. The van der Waals surface area contributed by atoms with E-state index in [9.17, 15) is 9.18 Å². The van der Waals surface area contributed by atoms with Crippen LogP contribution in [-0.2, 0) is 10.2 Å². The van der Waals surface area contributed by atoms with Crippen LogP contribution in [0.3, 0.4) is 0 Å². The Labute approximate surface area is 86.9 Å². The Balaban J connectivity index is 2.52.